The summed E-state index contributed by atoms with van der Waals surface area (Å²) in [6, 6.07) is 12.5. The summed E-state index contributed by atoms with van der Waals surface area (Å²) >= 11 is 1.70. The number of hydrogen-bond acceptors (Lipinski definition) is 3. The number of guanidine groups is 1. The monoisotopic (exact) mass is 481 g/mol. The van der Waals surface area contributed by atoms with Gasteiger partial charge in [0, 0.05) is 25.8 Å². The van der Waals surface area contributed by atoms with Crippen molar-refractivity contribution < 1.29 is 0 Å². The zero-order valence-corrected chi connectivity index (χ0v) is 18.3. The van der Waals surface area contributed by atoms with Crippen LogP contribution in [-0.2, 0) is 13.1 Å². The third-order valence-electron chi connectivity index (χ3n) is 3.94. The first-order valence-electron chi connectivity index (χ1n) is 8.24. The molecule has 5 nitrogen and oxygen atoms in total. The predicted octanol–water partition coefficient (Wildman–Crippen LogP) is 4.03. The van der Waals surface area contributed by atoms with E-state index in [2.05, 4.69) is 62.7 Å². The van der Waals surface area contributed by atoms with E-state index >= 15 is 0 Å². The van der Waals surface area contributed by atoms with Crippen molar-refractivity contribution in [2.24, 2.45) is 4.99 Å². The zero-order chi connectivity index (χ0) is 17.6. The van der Waals surface area contributed by atoms with Crippen LogP contribution in [0.5, 0.6) is 0 Å². The van der Waals surface area contributed by atoms with Crippen LogP contribution in [0.15, 0.2) is 52.2 Å². The molecule has 3 rings (SSSR count). The fourth-order valence-electron chi connectivity index (χ4n) is 2.72. The summed E-state index contributed by atoms with van der Waals surface area (Å²) in [5, 5.41) is 15.5. The Hall–Kier alpha value is -1.87. The number of aryl methyl sites for hydroxylation is 2. The molecule has 0 unspecified atom stereocenters. The molecule has 2 heterocycles. The molecular weight excluding hydrogens is 457 g/mol. The Morgan fingerprint density at radius 1 is 1.15 bits per heavy atom. The van der Waals surface area contributed by atoms with Gasteiger partial charge in [0.05, 0.1) is 11.4 Å². The average Bonchev–Trinajstić information content (AvgIpc) is 3.24. The Bertz CT molecular complexity index is 855. The molecule has 3 aromatic rings. The van der Waals surface area contributed by atoms with Gasteiger partial charge in [-0.1, -0.05) is 18.2 Å². The van der Waals surface area contributed by atoms with Crippen LogP contribution in [0.25, 0.3) is 5.69 Å². The summed E-state index contributed by atoms with van der Waals surface area (Å²) in [7, 11) is 1.79. The first-order valence-corrected chi connectivity index (χ1v) is 9.19. The van der Waals surface area contributed by atoms with Crippen molar-refractivity contribution in [2.45, 2.75) is 26.9 Å². The second-order valence-electron chi connectivity index (χ2n) is 5.88. The molecule has 0 bridgehead atoms. The number of hydrogen-bond donors (Lipinski definition) is 2. The van der Waals surface area contributed by atoms with E-state index in [1.54, 1.807) is 18.4 Å². The molecule has 0 amide bonds. The van der Waals surface area contributed by atoms with Crippen molar-refractivity contribution in [1.29, 1.82) is 0 Å². The molecule has 0 spiro atoms. The number of thiophene rings is 1. The van der Waals surface area contributed by atoms with Gasteiger partial charge in [-0.3, -0.25) is 4.99 Å². The van der Waals surface area contributed by atoms with Gasteiger partial charge in [-0.2, -0.15) is 16.4 Å². The van der Waals surface area contributed by atoms with Crippen molar-refractivity contribution >= 4 is 41.3 Å². The molecule has 0 aliphatic heterocycles. The Labute approximate surface area is 175 Å². The molecule has 2 N–H and O–H groups in total. The molecule has 7 heteroatoms. The van der Waals surface area contributed by atoms with Gasteiger partial charge in [0.25, 0.3) is 0 Å². The summed E-state index contributed by atoms with van der Waals surface area (Å²) in [5.74, 6) is 0.786. The van der Waals surface area contributed by atoms with Crippen molar-refractivity contribution in [3.8, 4) is 5.69 Å². The third kappa shape index (κ3) is 5.07. The second-order valence-corrected chi connectivity index (χ2v) is 6.66. The second kappa shape index (κ2) is 9.72. The van der Waals surface area contributed by atoms with Crippen LogP contribution in [-0.4, -0.2) is 22.8 Å². The van der Waals surface area contributed by atoms with Gasteiger partial charge >= 0.3 is 0 Å². The number of benzene rings is 1. The normalized spacial score (nSPS) is 11.1. The summed E-state index contributed by atoms with van der Waals surface area (Å²) in [4.78, 5) is 4.30. The molecule has 0 atom stereocenters. The fraction of sp³-hybridized carbons (Fsp3) is 0.263. The predicted molar refractivity (Wildman–Crippen MR) is 120 cm³/mol. The van der Waals surface area contributed by atoms with Crippen LogP contribution in [0.4, 0.5) is 0 Å². The maximum absolute atomic E-state index is 4.60. The first-order chi connectivity index (χ1) is 12.2. The van der Waals surface area contributed by atoms with E-state index in [0.29, 0.717) is 6.54 Å². The highest BCUT2D eigenvalue weighted by atomic mass is 127. The lowest BCUT2D eigenvalue weighted by molar-refractivity contribution is 0.782. The van der Waals surface area contributed by atoms with Gasteiger partial charge in [-0.15, -0.1) is 24.0 Å². The highest BCUT2D eigenvalue weighted by molar-refractivity contribution is 14.0. The summed E-state index contributed by atoms with van der Waals surface area (Å²) in [6.45, 7) is 5.53. The lowest BCUT2D eigenvalue weighted by atomic mass is 10.1. The standard InChI is InChI=1S/C19H23N5S.HI/c1-14-10-15(2)24(23-14)18-7-5-4-6-17(18)12-22-19(20-3)21-11-16-8-9-25-13-16;/h4-10,13H,11-12H2,1-3H3,(H2,20,21,22);1H. The Morgan fingerprint density at radius 3 is 2.58 bits per heavy atom. The van der Waals surface area contributed by atoms with Gasteiger partial charge < -0.3 is 10.6 Å². The molecule has 138 valence electrons. The van der Waals surface area contributed by atoms with Gasteiger partial charge in [0.15, 0.2) is 5.96 Å². The summed E-state index contributed by atoms with van der Waals surface area (Å²) in [5.41, 5.74) is 5.68. The van der Waals surface area contributed by atoms with Crippen molar-refractivity contribution in [2.75, 3.05) is 7.05 Å². The van der Waals surface area contributed by atoms with Crippen molar-refractivity contribution in [1.82, 2.24) is 20.4 Å². The molecule has 0 saturated heterocycles. The zero-order valence-electron chi connectivity index (χ0n) is 15.2. The van der Waals surface area contributed by atoms with Crippen molar-refractivity contribution in [3.63, 3.8) is 0 Å². The smallest absolute Gasteiger partial charge is 0.191 e. The molecule has 26 heavy (non-hydrogen) atoms. The SMILES string of the molecule is CN=C(NCc1ccsc1)NCc1ccccc1-n1nc(C)cc1C.I. The molecule has 1 aromatic carbocycles. The quantitative estimate of drug-likeness (QED) is 0.329. The van der Waals surface area contributed by atoms with Crippen LogP contribution in [0.1, 0.15) is 22.5 Å². The minimum Gasteiger partial charge on any atom is -0.352 e. The van der Waals surface area contributed by atoms with E-state index in [1.165, 1.54) is 11.1 Å². The number of rotatable bonds is 5. The maximum Gasteiger partial charge on any atom is 0.191 e. The van der Waals surface area contributed by atoms with Crippen molar-refractivity contribution in [3.05, 3.63) is 69.7 Å². The topological polar surface area (TPSA) is 54.2 Å². The van der Waals surface area contributed by atoms with Crippen LogP contribution in [0.2, 0.25) is 0 Å². The van der Waals surface area contributed by atoms with Crippen LogP contribution < -0.4 is 10.6 Å². The first kappa shape index (κ1) is 20.4. The Morgan fingerprint density at radius 2 is 1.92 bits per heavy atom. The van der Waals surface area contributed by atoms with E-state index in [4.69, 9.17) is 0 Å². The Kier molecular flexibility index (Phi) is 7.65. The van der Waals surface area contributed by atoms with E-state index in [1.807, 2.05) is 23.7 Å². The number of aromatic nitrogens is 2. The van der Waals surface area contributed by atoms with Gasteiger partial charge in [0.2, 0.25) is 0 Å². The molecule has 0 radical (unpaired) electrons. The van der Waals surface area contributed by atoms with E-state index < -0.39 is 0 Å². The molecule has 0 saturated carbocycles. The third-order valence-corrected chi connectivity index (χ3v) is 4.67. The van der Waals surface area contributed by atoms with Crippen LogP contribution >= 0.6 is 35.3 Å². The van der Waals surface area contributed by atoms with E-state index in [0.717, 1.165) is 29.6 Å². The fourth-order valence-corrected chi connectivity index (χ4v) is 3.39. The summed E-state index contributed by atoms with van der Waals surface area (Å²) in [6.07, 6.45) is 0. The highest BCUT2D eigenvalue weighted by Gasteiger charge is 2.09. The molecule has 2 aromatic heterocycles. The number of aliphatic imine (C=N–C) groups is 1. The van der Waals surface area contributed by atoms with Gasteiger partial charge in [-0.25, -0.2) is 4.68 Å². The molecular formula is C19H24IN5S. The van der Waals surface area contributed by atoms with Crippen LogP contribution in [0, 0.1) is 13.8 Å². The lowest BCUT2D eigenvalue weighted by Gasteiger charge is -2.15. The number of nitrogens with one attached hydrogen (secondary N) is 2. The minimum atomic E-state index is 0. The Balaban J connectivity index is 0.00000243. The largest absolute Gasteiger partial charge is 0.352 e. The molecule has 0 fully saturated rings. The number of para-hydroxylation sites is 1. The lowest BCUT2D eigenvalue weighted by Crippen LogP contribution is -2.36. The van der Waals surface area contributed by atoms with E-state index in [-0.39, 0.29) is 24.0 Å². The number of halogens is 1. The summed E-state index contributed by atoms with van der Waals surface area (Å²) < 4.78 is 1.99. The molecule has 0 aliphatic carbocycles. The average molecular weight is 481 g/mol. The molecule has 0 aliphatic rings. The highest BCUT2D eigenvalue weighted by Crippen LogP contribution is 2.16. The van der Waals surface area contributed by atoms with E-state index in [9.17, 15) is 0 Å². The van der Waals surface area contributed by atoms with Crippen LogP contribution in [0.3, 0.4) is 0 Å². The van der Waals surface area contributed by atoms with Gasteiger partial charge in [-0.05, 0) is 53.9 Å². The van der Waals surface area contributed by atoms with Gasteiger partial charge in [0.1, 0.15) is 0 Å². The minimum absolute atomic E-state index is 0. The maximum atomic E-state index is 4.60. The number of nitrogens with zero attached hydrogens (tertiary/aromatic N) is 3.